The molecule has 1 unspecified atom stereocenters. The summed E-state index contributed by atoms with van der Waals surface area (Å²) < 4.78 is 8.02. The molecule has 0 saturated heterocycles. The zero-order valence-electron chi connectivity index (χ0n) is 16.8. The number of rotatable bonds is 17. The Morgan fingerprint density at radius 3 is 2.16 bits per heavy atom. The molecule has 3 nitrogen and oxygen atoms in total. The summed E-state index contributed by atoms with van der Waals surface area (Å²) in [6, 6.07) is 0. The Hall–Kier alpha value is -0.480. The number of hydrogen-bond donors (Lipinski definition) is 0. The van der Waals surface area contributed by atoms with Crippen LogP contribution in [-0.4, -0.2) is 33.3 Å². The largest absolute Gasteiger partial charge is 0.378 e. The summed E-state index contributed by atoms with van der Waals surface area (Å²) in [4.78, 5) is 4.14. The minimum atomic E-state index is 0.309. The normalized spacial score (nSPS) is 12.8. The Morgan fingerprint density at radius 2 is 1.60 bits per heavy atom. The third-order valence-corrected chi connectivity index (χ3v) is 5.72. The van der Waals surface area contributed by atoms with E-state index in [2.05, 4.69) is 42.1 Å². The molecule has 1 aromatic heterocycles. The van der Waals surface area contributed by atoms with Gasteiger partial charge in [0, 0.05) is 24.2 Å². The highest BCUT2D eigenvalue weighted by atomic mass is 32.2. The van der Waals surface area contributed by atoms with Crippen LogP contribution in [0, 0.1) is 0 Å². The number of nitrogens with zero attached hydrogens (tertiary/aromatic N) is 2. The first kappa shape index (κ1) is 22.6. The van der Waals surface area contributed by atoms with Crippen molar-refractivity contribution in [3.8, 4) is 0 Å². The van der Waals surface area contributed by atoms with Crippen molar-refractivity contribution in [1.29, 1.82) is 0 Å². The van der Waals surface area contributed by atoms with Gasteiger partial charge in [0.25, 0.3) is 0 Å². The summed E-state index contributed by atoms with van der Waals surface area (Å²) in [5.74, 6) is 1.25. The van der Waals surface area contributed by atoms with Gasteiger partial charge in [-0.3, -0.25) is 0 Å². The molecule has 0 spiro atoms. The molecule has 0 aliphatic carbocycles. The molecule has 0 N–H and O–H groups in total. The van der Waals surface area contributed by atoms with Gasteiger partial charge in [-0.05, 0) is 26.0 Å². The topological polar surface area (TPSA) is 27.1 Å². The van der Waals surface area contributed by atoms with Gasteiger partial charge in [0.1, 0.15) is 0 Å². The van der Waals surface area contributed by atoms with Crippen molar-refractivity contribution in [2.24, 2.45) is 0 Å². The second-order valence-corrected chi connectivity index (χ2v) is 8.72. The van der Waals surface area contributed by atoms with E-state index >= 15 is 0 Å². The lowest BCUT2D eigenvalue weighted by atomic mass is 10.1. The number of aromatic nitrogens is 2. The van der Waals surface area contributed by atoms with Crippen molar-refractivity contribution in [3.05, 3.63) is 18.7 Å². The summed E-state index contributed by atoms with van der Waals surface area (Å²) in [5, 5.41) is 0.523. The molecule has 1 atom stereocenters. The number of imidazole rings is 1. The summed E-state index contributed by atoms with van der Waals surface area (Å²) in [7, 11) is 0. The van der Waals surface area contributed by atoms with Gasteiger partial charge in [0.15, 0.2) is 0 Å². The van der Waals surface area contributed by atoms with E-state index in [0.717, 1.165) is 13.2 Å². The Labute approximate surface area is 160 Å². The Kier molecular flexibility index (Phi) is 14.2. The molecule has 0 fully saturated rings. The lowest BCUT2D eigenvalue weighted by molar-refractivity contribution is 0.0778. The summed E-state index contributed by atoms with van der Waals surface area (Å²) in [6.45, 7) is 8.34. The summed E-state index contributed by atoms with van der Waals surface area (Å²) in [6.07, 6.45) is 20.2. The van der Waals surface area contributed by atoms with Gasteiger partial charge in [0.2, 0.25) is 0 Å². The molecule has 0 aliphatic heterocycles. The van der Waals surface area contributed by atoms with Gasteiger partial charge in [-0.1, -0.05) is 64.7 Å². The van der Waals surface area contributed by atoms with Gasteiger partial charge in [-0.2, -0.15) is 11.8 Å². The zero-order valence-corrected chi connectivity index (χ0v) is 17.6. The van der Waals surface area contributed by atoms with Crippen LogP contribution in [0.2, 0.25) is 0 Å². The lowest BCUT2D eigenvalue weighted by Gasteiger charge is -2.19. The van der Waals surface area contributed by atoms with E-state index in [1.807, 2.05) is 18.7 Å². The van der Waals surface area contributed by atoms with Crippen molar-refractivity contribution in [3.63, 3.8) is 0 Å². The van der Waals surface area contributed by atoms with Crippen LogP contribution >= 0.6 is 11.8 Å². The van der Waals surface area contributed by atoms with E-state index < -0.39 is 0 Å². The Bertz CT molecular complexity index is 381. The smallest absolute Gasteiger partial charge is 0.0946 e. The fourth-order valence-corrected chi connectivity index (χ4v) is 4.08. The fourth-order valence-electron chi connectivity index (χ4n) is 2.92. The maximum Gasteiger partial charge on any atom is 0.0946 e. The molecular formula is C21H40N2OS. The van der Waals surface area contributed by atoms with E-state index in [1.165, 1.54) is 70.0 Å². The van der Waals surface area contributed by atoms with Crippen LogP contribution in [0.1, 0.15) is 85.0 Å². The van der Waals surface area contributed by atoms with Crippen LogP contribution in [-0.2, 0) is 11.3 Å². The summed E-state index contributed by atoms with van der Waals surface area (Å²) >= 11 is 2.07. The van der Waals surface area contributed by atoms with Gasteiger partial charge in [-0.15, -0.1) is 0 Å². The molecular weight excluding hydrogens is 328 g/mol. The van der Waals surface area contributed by atoms with E-state index in [-0.39, 0.29) is 0 Å². The molecule has 1 rings (SSSR count). The Morgan fingerprint density at radius 1 is 0.960 bits per heavy atom. The average molecular weight is 369 g/mol. The number of hydrogen-bond acceptors (Lipinski definition) is 3. The van der Waals surface area contributed by atoms with Gasteiger partial charge >= 0.3 is 0 Å². The van der Waals surface area contributed by atoms with Gasteiger partial charge < -0.3 is 9.30 Å². The van der Waals surface area contributed by atoms with Crippen molar-refractivity contribution in [2.75, 3.05) is 12.4 Å². The standard InChI is InChI=1S/C21H40N2OS/c1-4-5-6-7-8-9-10-11-12-13-16-25-21(18-24-20(2)3)17-23-15-14-22-19-23/h14-15,19-21H,4-13,16-18H2,1-3H3. The second-order valence-electron chi connectivity index (χ2n) is 7.32. The van der Waals surface area contributed by atoms with Crippen LogP contribution < -0.4 is 0 Å². The molecule has 0 aliphatic rings. The van der Waals surface area contributed by atoms with Crippen molar-refractivity contribution < 1.29 is 4.74 Å². The monoisotopic (exact) mass is 368 g/mol. The minimum absolute atomic E-state index is 0.309. The highest BCUT2D eigenvalue weighted by Gasteiger charge is 2.11. The molecule has 25 heavy (non-hydrogen) atoms. The van der Waals surface area contributed by atoms with Crippen molar-refractivity contribution >= 4 is 11.8 Å². The van der Waals surface area contributed by atoms with Crippen molar-refractivity contribution in [1.82, 2.24) is 9.55 Å². The van der Waals surface area contributed by atoms with E-state index in [0.29, 0.717) is 11.4 Å². The van der Waals surface area contributed by atoms with Crippen LogP contribution in [0.25, 0.3) is 0 Å². The lowest BCUT2D eigenvalue weighted by Crippen LogP contribution is -2.21. The van der Waals surface area contributed by atoms with Crippen LogP contribution in [0.15, 0.2) is 18.7 Å². The molecule has 0 radical (unpaired) electrons. The van der Waals surface area contributed by atoms with E-state index in [9.17, 15) is 0 Å². The first-order valence-electron chi connectivity index (χ1n) is 10.4. The third-order valence-electron chi connectivity index (χ3n) is 4.44. The molecule has 1 aromatic rings. The maximum atomic E-state index is 5.85. The summed E-state index contributed by atoms with van der Waals surface area (Å²) in [5.41, 5.74) is 0. The highest BCUT2D eigenvalue weighted by molar-refractivity contribution is 7.99. The molecule has 0 aromatic carbocycles. The fraction of sp³-hybridized carbons (Fsp3) is 0.857. The van der Waals surface area contributed by atoms with Crippen LogP contribution in [0.5, 0.6) is 0 Å². The van der Waals surface area contributed by atoms with Crippen LogP contribution in [0.4, 0.5) is 0 Å². The number of thioether (sulfide) groups is 1. The zero-order chi connectivity index (χ0) is 18.2. The first-order valence-corrected chi connectivity index (χ1v) is 11.5. The predicted molar refractivity (Wildman–Crippen MR) is 111 cm³/mol. The minimum Gasteiger partial charge on any atom is -0.378 e. The van der Waals surface area contributed by atoms with Crippen molar-refractivity contribution in [2.45, 2.75) is 103 Å². The van der Waals surface area contributed by atoms with Gasteiger partial charge in [-0.25, -0.2) is 4.98 Å². The maximum absolute atomic E-state index is 5.85. The number of unbranched alkanes of at least 4 members (excludes halogenated alkanes) is 9. The van der Waals surface area contributed by atoms with Gasteiger partial charge in [0.05, 0.1) is 19.0 Å². The second kappa shape index (κ2) is 15.7. The third kappa shape index (κ3) is 13.4. The molecule has 146 valence electrons. The SMILES string of the molecule is CCCCCCCCCCCCSC(COC(C)C)Cn1ccnc1. The average Bonchev–Trinajstić information content (AvgIpc) is 3.10. The van der Waals surface area contributed by atoms with Crippen LogP contribution in [0.3, 0.4) is 0 Å². The van der Waals surface area contributed by atoms with E-state index in [4.69, 9.17) is 4.74 Å². The molecule has 0 amide bonds. The Balaban J connectivity index is 2.03. The predicted octanol–water partition coefficient (Wildman–Crippen LogP) is 6.33. The number of ether oxygens (including phenoxy) is 1. The molecule has 1 heterocycles. The quantitative estimate of drug-likeness (QED) is 0.301. The molecule has 0 bridgehead atoms. The highest BCUT2D eigenvalue weighted by Crippen LogP contribution is 2.18. The first-order chi connectivity index (χ1) is 12.2. The molecule has 4 heteroatoms. The van der Waals surface area contributed by atoms with E-state index in [1.54, 1.807) is 0 Å². The molecule has 0 saturated carbocycles.